The molecular formula is C26H30Cl2F5N5O3. The molecule has 8 nitrogen and oxygen atoms in total. The number of β-amino-alcohol motifs (C(OH)–C–C–N with tert-alkyl or cyclic N) is 1. The highest BCUT2D eigenvalue weighted by Gasteiger charge is 2.29. The Kier molecular flexibility index (Phi) is 11.0. The Morgan fingerprint density at radius 1 is 1.02 bits per heavy atom. The molecule has 41 heavy (non-hydrogen) atoms. The van der Waals surface area contributed by atoms with E-state index in [1.54, 1.807) is 11.0 Å². The van der Waals surface area contributed by atoms with Crippen molar-refractivity contribution in [1.29, 1.82) is 0 Å². The second-order valence-electron chi connectivity index (χ2n) is 9.76. The SMILES string of the molecule is Cl.O=C(Nc1ccc(Cl)cc1N1CCN(CCC(F)(F)F)CC1)c1ccc(CNC(=O)N2CCC(O)C2)c(F)c1F. The second-order valence-corrected chi connectivity index (χ2v) is 10.2. The Hall–Kier alpha value is -2.87. The molecule has 0 bridgehead atoms. The van der Waals surface area contributed by atoms with Gasteiger partial charge in [-0.3, -0.25) is 9.69 Å². The molecule has 2 saturated heterocycles. The molecule has 226 valence electrons. The fourth-order valence-electron chi connectivity index (χ4n) is 4.67. The molecule has 2 aromatic rings. The average molecular weight is 626 g/mol. The fraction of sp³-hybridized carbons (Fsp3) is 0.462. The molecule has 2 fully saturated rings. The van der Waals surface area contributed by atoms with E-state index in [9.17, 15) is 36.6 Å². The first-order valence-electron chi connectivity index (χ1n) is 12.7. The number of rotatable bonds is 7. The van der Waals surface area contributed by atoms with Gasteiger partial charge in [0.05, 0.1) is 29.5 Å². The maximum atomic E-state index is 14.9. The van der Waals surface area contributed by atoms with E-state index in [-0.39, 0.29) is 43.3 Å². The lowest BCUT2D eigenvalue weighted by Crippen LogP contribution is -2.47. The third kappa shape index (κ3) is 8.57. The summed E-state index contributed by atoms with van der Waals surface area (Å²) in [5.74, 6) is -3.57. The quantitative estimate of drug-likeness (QED) is 0.390. The van der Waals surface area contributed by atoms with Crippen LogP contribution in [0.25, 0.3) is 0 Å². The Bertz CT molecular complexity index is 1240. The molecular weight excluding hydrogens is 596 g/mol. The standard InChI is InChI=1S/C26H29ClF5N5O3.ClH/c27-17-2-4-20(21(13-17)36-11-9-35(10-12-36)8-6-26(30,31)32)34-24(39)19-3-1-16(22(28)23(19)29)14-33-25(40)37-7-5-18(38)15-37;/h1-4,13,18,38H,5-12,14-15H2,(H,33,40)(H,34,39);1H. The van der Waals surface area contributed by atoms with Crippen LogP contribution in [0.3, 0.4) is 0 Å². The number of likely N-dealkylation sites (tertiary alicyclic amines) is 1. The minimum atomic E-state index is -4.24. The zero-order valence-corrected chi connectivity index (χ0v) is 23.4. The minimum absolute atomic E-state index is 0. The molecule has 1 atom stereocenters. The lowest BCUT2D eigenvalue weighted by Gasteiger charge is -2.37. The van der Waals surface area contributed by atoms with E-state index in [4.69, 9.17) is 11.6 Å². The molecule has 0 saturated carbocycles. The van der Waals surface area contributed by atoms with Gasteiger partial charge in [-0.05, 0) is 30.7 Å². The number of hydrogen-bond donors (Lipinski definition) is 3. The van der Waals surface area contributed by atoms with Crippen molar-refractivity contribution in [3.05, 3.63) is 58.1 Å². The predicted octanol–water partition coefficient (Wildman–Crippen LogP) is 4.64. The van der Waals surface area contributed by atoms with Crippen molar-refractivity contribution in [3.63, 3.8) is 0 Å². The lowest BCUT2D eigenvalue weighted by atomic mass is 10.1. The van der Waals surface area contributed by atoms with Crippen LogP contribution in [0.1, 0.15) is 28.8 Å². The van der Waals surface area contributed by atoms with E-state index in [0.717, 1.165) is 6.07 Å². The number of carbonyl (C=O) groups is 2. The Morgan fingerprint density at radius 2 is 1.73 bits per heavy atom. The summed E-state index contributed by atoms with van der Waals surface area (Å²) in [6, 6.07) is 6.42. The number of urea groups is 1. The number of halogens is 7. The van der Waals surface area contributed by atoms with Crippen LogP contribution in [0, 0.1) is 11.6 Å². The minimum Gasteiger partial charge on any atom is -0.391 e. The third-order valence-electron chi connectivity index (χ3n) is 6.92. The highest BCUT2D eigenvalue weighted by atomic mass is 35.5. The normalized spacial score (nSPS) is 17.8. The number of aliphatic hydroxyl groups excluding tert-OH is 1. The third-order valence-corrected chi connectivity index (χ3v) is 7.16. The lowest BCUT2D eigenvalue weighted by molar-refractivity contribution is -0.138. The zero-order valence-electron chi connectivity index (χ0n) is 21.8. The molecule has 2 aliphatic heterocycles. The number of nitrogens with one attached hydrogen (secondary N) is 2. The Balaban J connectivity index is 0.00000462. The van der Waals surface area contributed by atoms with E-state index in [1.165, 1.54) is 23.1 Å². The zero-order chi connectivity index (χ0) is 29.0. The van der Waals surface area contributed by atoms with Gasteiger partial charge in [0, 0.05) is 62.9 Å². The smallest absolute Gasteiger partial charge is 0.390 e. The van der Waals surface area contributed by atoms with Crippen molar-refractivity contribution in [2.45, 2.75) is 31.7 Å². The number of amides is 3. The monoisotopic (exact) mass is 625 g/mol. The number of hydrogen-bond acceptors (Lipinski definition) is 5. The predicted molar refractivity (Wildman–Crippen MR) is 147 cm³/mol. The number of alkyl halides is 3. The van der Waals surface area contributed by atoms with Crippen molar-refractivity contribution in [1.82, 2.24) is 15.1 Å². The summed E-state index contributed by atoms with van der Waals surface area (Å²) >= 11 is 6.15. The number of aliphatic hydroxyl groups is 1. The summed E-state index contributed by atoms with van der Waals surface area (Å²) in [6.07, 6.45) is -5.32. The summed E-state index contributed by atoms with van der Waals surface area (Å²) in [7, 11) is 0. The van der Waals surface area contributed by atoms with E-state index < -0.39 is 47.8 Å². The first-order chi connectivity index (χ1) is 18.9. The van der Waals surface area contributed by atoms with Gasteiger partial charge in [-0.2, -0.15) is 13.2 Å². The van der Waals surface area contributed by atoms with Crippen molar-refractivity contribution in [3.8, 4) is 0 Å². The van der Waals surface area contributed by atoms with E-state index >= 15 is 0 Å². The highest BCUT2D eigenvalue weighted by molar-refractivity contribution is 6.31. The maximum absolute atomic E-state index is 14.9. The van der Waals surface area contributed by atoms with Crippen LogP contribution < -0.4 is 15.5 Å². The van der Waals surface area contributed by atoms with E-state index in [0.29, 0.717) is 49.9 Å². The van der Waals surface area contributed by atoms with Crippen molar-refractivity contribution in [2.24, 2.45) is 0 Å². The molecule has 3 N–H and O–H groups in total. The van der Waals surface area contributed by atoms with Crippen molar-refractivity contribution in [2.75, 3.05) is 56.0 Å². The molecule has 4 rings (SSSR count). The van der Waals surface area contributed by atoms with Gasteiger partial charge in [-0.1, -0.05) is 17.7 Å². The molecule has 2 aliphatic rings. The first kappa shape index (κ1) is 32.6. The summed E-state index contributed by atoms with van der Waals surface area (Å²) < 4.78 is 67.4. The highest BCUT2D eigenvalue weighted by Crippen LogP contribution is 2.31. The van der Waals surface area contributed by atoms with Gasteiger partial charge in [-0.25, -0.2) is 13.6 Å². The van der Waals surface area contributed by atoms with Crippen LogP contribution in [-0.2, 0) is 6.54 Å². The van der Waals surface area contributed by atoms with Gasteiger partial charge in [0.1, 0.15) is 0 Å². The number of piperazine rings is 1. The number of benzene rings is 2. The van der Waals surface area contributed by atoms with Crippen LogP contribution in [0.15, 0.2) is 30.3 Å². The molecule has 0 aliphatic carbocycles. The number of anilines is 2. The van der Waals surface area contributed by atoms with Gasteiger partial charge in [0.15, 0.2) is 11.6 Å². The molecule has 3 amide bonds. The van der Waals surface area contributed by atoms with Crippen LogP contribution in [-0.4, -0.2) is 84.9 Å². The number of carbonyl (C=O) groups excluding carboxylic acids is 2. The van der Waals surface area contributed by atoms with Gasteiger partial charge in [0.25, 0.3) is 5.91 Å². The van der Waals surface area contributed by atoms with Crippen LogP contribution in [0.4, 0.5) is 38.1 Å². The van der Waals surface area contributed by atoms with Gasteiger partial charge in [-0.15, -0.1) is 12.4 Å². The van der Waals surface area contributed by atoms with E-state index in [1.807, 2.05) is 4.90 Å². The molecule has 0 aromatic heterocycles. The van der Waals surface area contributed by atoms with Crippen LogP contribution in [0.2, 0.25) is 5.02 Å². The first-order valence-corrected chi connectivity index (χ1v) is 13.1. The molecule has 0 radical (unpaired) electrons. The summed E-state index contributed by atoms with van der Waals surface area (Å²) in [4.78, 5) is 30.0. The Labute approximate surface area is 244 Å². The molecule has 0 spiro atoms. The van der Waals surface area contributed by atoms with Gasteiger partial charge >= 0.3 is 12.2 Å². The second kappa shape index (κ2) is 13.9. The van der Waals surface area contributed by atoms with Crippen molar-refractivity contribution < 1.29 is 36.6 Å². The summed E-state index contributed by atoms with van der Waals surface area (Å²) in [6.45, 7) is 1.57. The van der Waals surface area contributed by atoms with Gasteiger partial charge < -0.3 is 25.5 Å². The van der Waals surface area contributed by atoms with Crippen LogP contribution in [0.5, 0.6) is 0 Å². The topological polar surface area (TPSA) is 88.2 Å². The van der Waals surface area contributed by atoms with Crippen LogP contribution >= 0.6 is 24.0 Å². The summed E-state index contributed by atoms with van der Waals surface area (Å²) in [5.41, 5.74) is 0.0801. The Morgan fingerprint density at radius 3 is 2.37 bits per heavy atom. The molecule has 2 heterocycles. The largest absolute Gasteiger partial charge is 0.391 e. The van der Waals surface area contributed by atoms with E-state index in [2.05, 4.69) is 10.6 Å². The molecule has 1 unspecified atom stereocenters. The number of nitrogens with zero attached hydrogens (tertiary/aromatic N) is 3. The average Bonchev–Trinajstić information content (AvgIpc) is 3.35. The van der Waals surface area contributed by atoms with Crippen molar-refractivity contribution >= 4 is 47.3 Å². The fourth-order valence-corrected chi connectivity index (χ4v) is 4.84. The summed E-state index contributed by atoms with van der Waals surface area (Å²) in [5, 5.41) is 15.0. The maximum Gasteiger partial charge on any atom is 0.390 e. The van der Waals surface area contributed by atoms with Gasteiger partial charge in [0.2, 0.25) is 0 Å². The molecule has 2 aromatic carbocycles. The molecule has 15 heteroatoms.